The van der Waals surface area contributed by atoms with E-state index >= 15 is 0 Å². The zero-order valence-electron chi connectivity index (χ0n) is 12.2. The van der Waals surface area contributed by atoms with Gasteiger partial charge in [0.15, 0.2) is 0 Å². The number of hydrogen-bond acceptors (Lipinski definition) is 2. The molecule has 1 atom stereocenters. The summed E-state index contributed by atoms with van der Waals surface area (Å²) in [6.07, 6.45) is 10.7. The second-order valence-corrected chi connectivity index (χ2v) is 5.97. The smallest absolute Gasteiger partial charge is 0.320 e. The average molecular weight is 273 g/mol. The maximum atomic E-state index is 12.7. The highest BCUT2D eigenvalue weighted by atomic mass is 16.2. The van der Waals surface area contributed by atoms with Crippen LogP contribution in [0.25, 0.3) is 0 Å². The van der Waals surface area contributed by atoms with Crippen LogP contribution in [0.5, 0.6) is 0 Å². The fourth-order valence-electron chi connectivity index (χ4n) is 3.57. The Morgan fingerprint density at radius 2 is 2.10 bits per heavy atom. The van der Waals surface area contributed by atoms with Gasteiger partial charge in [-0.1, -0.05) is 18.9 Å². The van der Waals surface area contributed by atoms with E-state index in [1.807, 2.05) is 29.1 Å². The van der Waals surface area contributed by atoms with E-state index in [-0.39, 0.29) is 12.1 Å². The third-order valence-corrected chi connectivity index (χ3v) is 4.74. The van der Waals surface area contributed by atoms with Crippen LogP contribution in [0.1, 0.15) is 50.1 Å². The van der Waals surface area contributed by atoms with Crippen molar-refractivity contribution < 1.29 is 4.79 Å². The Morgan fingerprint density at radius 1 is 1.30 bits per heavy atom. The van der Waals surface area contributed by atoms with E-state index < -0.39 is 0 Å². The number of nitrogens with zero attached hydrogens (tertiary/aromatic N) is 3. The highest BCUT2D eigenvalue weighted by molar-refractivity contribution is 5.75. The molecule has 2 fully saturated rings. The molecule has 108 valence electrons. The van der Waals surface area contributed by atoms with Gasteiger partial charge < -0.3 is 9.80 Å². The number of hydrogen-bond donors (Lipinski definition) is 0. The number of carbonyl (C=O) groups excluding carboxylic acids is 1. The molecule has 0 radical (unpaired) electrons. The fraction of sp³-hybridized carbons (Fsp3) is 0.625. The Hall–Kier alpha value is -1.58. The van der Waals surface area contributed by atoms with Crippen LogP contribution in [0.15, 0.2) is 24.5 Å². The summed E-state index contributed by atoms with van der Waals surface area (Å²) in [6.45, 7) is 0.870. The van der Waals surface area contributed by atoms with E-state index in [2.05, 4.69) is 11.1 Å². The Bertz CT molecular complexity index is 456. The van der Waals surface area contributed by atoms with Crippen molar-refractivity contribution in [3.63, 3.8) is 0 Å². The first-order chi connectivity index (χ1) is 9.77. The minimum atomic E-state index is 0.197. The Morgan fingerprint density at radius 3 is 2.80 bits per heavy atom. The standard InChI is InChI=1S/C16H23N3O/c1-18(14-7-2-3-8-14)16(20)19-11-5-9-15(19)13-6-4-10-17-12-13/h4,6,10,12,14-15H,2-3,5,7-9,11H2,1H3. The lowest BCUT2D eigenvalue weighted by atomic mass is 10.1. The lowest BCUT2D eigenvalue weighted by molar-refractivity contribution is 0.142. The summed E-state index contributed by atoms with van der Waals surface area (Å²) >= 11 is 0. The molecular weight excluding hydrogens is 250 g/mol. The summed E-state index contributed by atoms with van der Waals surface area (Å²) in [4.78, 5) is 21.0. The maximum Gasteiger partial charge on any atom is 0.320 e. The molecule has 0 N–H and O–H groups in total. The molecule has 2 aliphatic rings. The zero-order chi connectivity index (χ0) is 13.9. The molecule has 3 rings (SSSR count). The molecule has 1 unspecified atom stereocenters. The number of amides is 2. The van der Waals surface area contributed by atoms with Crippen LogP contribution in [0.2, 0.25) is 0 Å². The topological polar surface area (TPSA) is 36.4 Å². The van der Waals surface area contributed by atoms with Gasteiger partial charge in [0.05, 0.1) is 6.04 Å². The minimum Gasteiger partial charge on any atom is -0.325 e. The molecule has 4 nitrogen and oxygen atoms in total. The van der Waals surface area contributed by atoms with Gasteiger partial charge in [-0.2, -0.15) is 0 Å². The Kier molecular flexibility index (Phi) is 3.90. The largest absolute Gasteiger partial charge is 0.325 e. The summed E-state index contributed by atoms with van der Waals surface area (Å²) in [6, 6.07) is 4.89. The number of pyridine rings is 1. The van der Waals surface area contributed by atoms with E-state index in [9.17, 15) is 4.79 Å². The van der Waals surface area contributed by atoms with Crippen molar-refractivity contribution >= 4 is 6.03 Å². The zero-order valence-corrected chi connectivity index (χ0v) is 12.2. The monoisotopic (exact) mass is 273 g/mol. The van der Waals surface area contributed by atoms with Crippen molar-refractivity contribution in [1.29, 1.82) is 0 Å². The number of rotatable bonds is 2. The van der Waals surface area contributed by atoms with Gasteiger partial charge in [0.25, 0.3) is 0 Å². The number of likely N-dealkylation sites (tertiary alicyclic amines) is 1. The maximum absolute atomic E-state index is 12.7. The molecule has 1 aromatic heterocycles. The molecule has 1 aromatic rings. The first-order valence-electron chi connectivity index (χ1n) is 7.71. The lowest BCUT2D eigenvalue weighted by Gasteiger charge is -2.33. The van der Waals surface area contributed by atoms with Gasteiger partial charge >= 0.3 is 6.03 Å². The van der Waals surface area contributed by atoms with Gasteiger partial charge in [0.1, 0.15) is 0 Å². The molecule has 4 heteroatoms. The molecule has 0 spiro atoms. The normalized spacial score (nSPS) is 23.2. The summed E-state index contributed by atoms with van der Waals surface area (Å²) in [5.74, 6) is 0. The summed E-state index contributed by atoms with van der Waals surface area (Å²) < 4.78 is 0. The number of urea groups is 1. The highest BCUT2D eigenvalue weighted by Gasteiger charge is 2.34. The first kappa shape index (κ1) is 13.4. The average Bonchev–Trinajstić information content (AvgIpc) is 3.17. The van der Waals surface area contributed by atoms with Gasteiger partial charge in [-0.05, 0) is 37.3 Å². The summed E-state index contributed by atoms with van der Waals surface area (Å²) in [5.41, 5.74) is 1.16. The van der Waals surface area contributed by atoms with E-state index in [0.29, 0.717) is 6.04 Å². The molecule has 1 aliphatic heterocycles. The van der Waals surface area contributed by atoms with Gasteiger partial charge in [0, 0.05) is 32.0 Å². The van der Waals surface area contributed by atoms with Gasteiger partial charge in [0.2, 0.25) is 0 Å². The minimum absolute atomic E-state index is 0.197. The predicted molar refractivity (Wildman–Crippen MR) is 78.3 cm³/mol. The van der Waals surface area contributed by atoms with Crippen LogP contribution in [0.3, 0.4) is 0 Å². The highest BCUT2D eigenvalue weighted by Crippen LogP contribution is 2.33. The van der Waals surface area contributed by atoms with E-state index in [0.717, 1.165) is 37.8 Å². The van der Waals surface area contributed by atoms with Crippen LogP contribution in [-0.2, 0) is 0 Å². The van der Waals surface area contributed by atoms with E-state index in [1.54, 1.807) is 6.20 Å². The van der Waals surface area contributed by atoms with Crippen LogP contribution < -0.4 is 0 Å². The van der Waals surface area contributed by atoms with Crippen molar-refractivity contribution in [1.82, 2.24) is 14.8 Å². The second kappa shape index (κ2) is 5.81. The lowest BCUT2D eigenvalue weighted by Crippen LogP contribution is -2.44. The van der Waals surface area contributed by atoms with Crippen molar-refractivity contribution in [3.05, 3.63) is 30.1 Å². The molecule has 0 aromatic carbocycles. The third kappa shape index (κ3) is 2.51. The number of aromatic nitrogens is 1. The van der Waals surface area contributed by atoms with E-state index in [1.165, 1.54) is 12.8 Å². The van der Waals surface area contributed by atoms with Crippen LogP contribution in [0.4, 0.5) is 4.79 Å². The predicted octanol–water partition coefficient (Wildman–Crippen LogP) is 3.21. The third-order valence-electron chi connectivity index (χ3n) is 4.74. The Labute approximate surface area is 120 Å². The van der Waals surface area contributed by atoms with Crippen LogP contribution in [0, 0.1) is 0 Å². The van der Waals surface area contributed by atoms with Crippen molar-refractivity contribution in [2.45, 2.75) is 50.6 Å². The fourth-order valence-corrected chi connectivity index (χ4v) is 3.57. The second-order valence-electron chi connectivity index (χ2n) is 5.97. The summed E-state index contributed by atoms with van der Waals surface area (Å²) in [5, 5.41) is 0. The molecule has 1 aliphatic carbocycles. The number of carbonyl (C=O) groups is 1. The molecule has 1 saturated heterocycles. The van der Waals surface area contributed by atoms with Crippen molar-refractivity contribution in [2.24, 2.45) is 0 Å². The van der Waals surface area contributed by atoms with Crippen molar-refractivity contribution in [3.8, 4) is 0 Å². The van der Waals surface area contributed by atoms with Gasteiger partial charge in [-0.25, -0.2) is 4.79 Å². The van der Waals surface area contributed by atoms with Gasteiger partial charge in [-0.3, -0.25) is 4.98 Å². The molecule has 2 amide bonds. The van der Waals surface area contributed by atoms with Crippen LogP contribution >= 0.6 is 0 Å². The van der Waals surface area contributed by atoms with E-state index in [4.69, 9.17) is 0 Å². The first-order valence-corrected chi connectivity index (χ1v) is 7.71. The summed E-state index contributed by atoms with van der Waals surface area (Å²) in [7, 11) is 1.97. The quantitative estimate of drug-likeness (QED) is 0.829. The van der Waals surface area contributed by atoms with Crippen molar-refractivity contribution in [2.75, 3.05) is 13.6 Å². The van der Waals surface area contributed by atoms with Crippen LogP contribution in [-0.4, -0.2) is 40.4 Å². The molecule has 1 saturated carbocycles. The Balaban J connectivity index is 1.73. The SMILES string of the molecule is CN(C(=O)N1CCCC1c1cccnc1)C1CCCC1. The molecular formula is C16H23N3O. The molecule has 20 heavy (non-hydrogen) atoms. The molecule has 2 heterocycles. The molecule has 0 bridgehead atoms. The van der Waals surface area contributed by atoms with Gasteiger partial charge in [-0.15, -0.1) is 0 Å².